The van der Waals surface area contributed by atoms with Gasteiger partial charge in [-0.25, -0.2) is 15.0 Å². The molecule has 0 saturated carbocycles. The first-order valence-corrected chi connectivity index (χ1v) is 9.07. The van der Waals surface area contributed by atoms with Crippen molar-refractivity contribution in [2.75, 3.05) is 18.0 Å². The molecule has 4 rings (SSSR count). The number of benzene rings is 1. The highest BCUT2D eigenvalue weighted by molar-refractivity contribution is 7.18. The summed E-state index contributed by atoms with van der Waals surface area (Å²) in [6.07, 6.45) is 2.88. The van der Waals surface area contributed by atoms with Crippen molar-refractivity contribution in [1.29, 1.82) is 5.26 Å². The van der Waals surface area contributed by atoms with Crippen molar-refractivity contribution in [2.24, 2.45) is 0 Å². The molecule has 3 aromatic rings. The van der Waals surface area contributed by atoms with E-state index < -0.39 is 5.92 Å². The third kappa shape index (κ3) is 3.18. The summed E-state index contributed by atoms with van der Waals surface area (Å²) in [6, 6.07) is 12.0. The quantitative estimate of drug-likeness (QED) is 0.781. The number of fused-ring (bicyclic) bond motifs is 1. The summed E-state index contributed by atoms with van der Waals surface area (Å²) in [6.45, 7) is 1.45. The zero-order chi connectivity index (χ0) is 17.2. The zero-order valence-electron chi connectivity index (χ0n) is 13.5. The van der Waals surface area contributed by atoms with Crippen LogP contribution < -0.4 is 4.90 Å². The van der Waals surface area contributed by atoms with Crippen molar-refractivity contribution in [2.45, 2.75) is 24.9 Å². The van der Waals surface area contributed by atoms with E-state index in [4.69, 9.17) is 0 Å². The second kappa shape index (κ2) is 6.75. The van der Waals surface area contributed by atoms with Gasteiger partial charge in [0.2, 0.25) is 5.95 Å². The Morgan fingerprint density at radius 1 is 1.20 bits per heavy atom. The van der Waals surface area contributed by atoms with Crippen molar-refractivity contribution in [3.05, 3.63) is 47.2 Å². The average molecular weight is 351 g/mol. The summed E-state index contributed by atoms with van der Waals surface area (Å²) in [7, 11) is 0. The van der Waals surface area contributed by atoms with Crippen LogP contribution in [0.3, 0.4) is 0 Å². The maximum absolute atomic E-state index is 9.70. The van der Waals surface area contributed by atoms with Crippen LogP contribution in [0.25, 0.3) is 10.2 Å². The highest BCUT2D eigenvalue weighted by atomic mass is 32.1. The molecule has 2 aromatic heterocycles. The summed E-state index contributed by atoms with van der Waals surface area (Å²) in [5, 5.41) is 20.1. The Morgan fingerprint density at radius 3 is 2.76 bits per heavy atom. The van der Waals surface area contributed by atoms with Crippen LogP contribution in [0.15, 0.2) is 36.5 Å². The lowest BCUT2D eigenvalue weighted by Crippen LogP contribution is -2.37. The highest BCUT2D eigenvalue weighted by Crippen LogP contribution is 2.31. The van der Waals surface area contributed by atoms with Gasteiger partial charge in [0.1, 0.15) is 10.9 Å². The molecule has 0 spiro atoms. The molecule has 0 aliphatic carbocycles. The second-order valence-corrected chi connectivity index (χ2v) is 7.14. The molecule has 126 valence electrons. The van der Waals surface area contributed by atoms with Crippen molar-refractivity contribution < 1.29 is 5.11 Å². The van der Waals surface area contributed by atoms with E-state index in [1.54, 1.807) is 12.3 Å². The van der Waals surface area contributed by atoms with Gasteiger partial charge in [0.05, 0.1) is 28.1 Å². The molecule has 0 amide bonds. The molecule has 1 unspecified atom stereocenters. The molecule has 1 N–H and O–H groups in total. The summed E-state index contributed by atoms with van der Waals surface area (Å²) in [5.74, 6) is 0.111. The average Bonchev–Trinajstić information content (AvgIpc) is 3.07. The molecule has 0 radical (unpaired) electrons. The molecule has 6 nitrogen and oxygen atoms in total. The van der Waals surface area contributed by atoms with E-state index >= 15 is 0 Å². The number of anilines is 1. The van der Waals surface area contributed by atoms with E-state index in [2.05, 4.69) is 25.9 Å². The van der Waals surface area contributed by atoms with E-state index in [0.717, 1.165) is 28.3 Å². The maximum Gasteiger partial charge on any atom is 0.225 e. The van der Waals surface area contributed by atoms with E-state index in [1.165, 1.54) is 11.3 Å². The van der Waals surface area contributed by atoms with Crippen LogP contribution in [0.5, 0.6) is 0 Å². The predicted octanol–water partition coefficient (Wildman–Crippen LogP) is 2.70. The molecule has 25 heavy (non-hydrogen) atoms. The van der Waals surface area contributed by atoms with Gasteiger partial charge < -0.3 is 10.0 Å². The number of hydrogen-bond acceptors (Lipinski definition) is 7. The number of aromatic nitrogens is 3. The number of thiazole rings is 1. The van der Waals surface area contributed by atoms with Crippen molar-refractivity contribution >= 4 is 27.5 Å². The van der Waals surface area contributed by atoms with Crippen molar-refractivity contribution in [1.82, 2.24) is 15.0 Å². The largest absolute Gasteiger partial charge is 0.393 e. The smallest absolute Gasteiger partial charge is 0.225 e. The lowest BCUT2D eigenvalue weighted by molar-refractivity contribution is 0.145. The fourth-order valence-corrected chi connectivity index (χ4v) is 4.03. The Hall–Kier alpha value is -2.56. The van der Waals surface area contributed by atoms with Gasteiger partial charge in [-0.1, -0.05) is 12.1 Å². The second-order valence-electron chi connectivity index (χ2n) is 6.08. The number of aliphatic hydroxyl groups is 1. The molecule has 1 aliphatic heterocycles. The van der Waals surface area contributed by atoms with Gasteiger partial charge >= 0.3 is 0 Å². The molecule has 1 atom stereocenters. The third-order valence-electron chi connectivity index (χ3n) is 4.39. The van der Waals surface area contributed by atoms with Crippen LogP contribution in [-0.4, -0.2) is 39.3 Å². The lowest BCUT2D eigenvalue weighted by Gasteiger charge is -2.29. The minimum Gasteiger partial charge on any atom is -0.393 e. The van der Waals surface area contributed by atoms with Crippen molar-refractivity contribution in [3.8, 4) is 6.07 Å². The molecular formula is C18H17N5OS. The zero-order valence-corrected chi connectivity index (χ0v) is 14.4. The number of nitriles is 1. The standard InChI is InChI=1S/C18H17N5OS/c19-11-13(17-21-15-3-1-2-4-16(15)25-17)14-5-8-20-18(22-14)23-9-6-12(24)7-10-23/h1-5,8,12-13,24H,6-7,9-10H2. The molecule has 1 aliphatic rings. The summed E-state index contributed by atoms with van der Waals surface area (Å²) >= 11 is 1.53. The normalized spacial score (nSPS) is 16.7. The molecule has 1 fully saturated rings. The monoisotopic (exact) mass is 351 g/mol. The topological polar surface area (TPSA) is 85.9 Å². The molecule has 1 saturated heterocycles. The van der Waals surface area contributed by atoms with Gasteiger partial charge in [0, 0.05) is 19.3 Å². The summed E-state index contributed by atoms with van der Waals surface area (Å²) in [4.78, 5) is 15.6. The summed E-state index contributed by atoms with van der Waals surface area (Å²) in [5.41, 5.74) is 1.57. The Kier molecular flexibility index (Phi) is 4.30. The highest BCUT2D eigenvalue weighted by Gasteiger charge is 2.23. The fourth-order valence-electron chi connectivity index (χ4n) is 3.00. The van der Waals surface area contributed by atoms with E-state index in [9.17, 15) is 10.4 Å². The third-order valence-corrected chi connectivity index (χ3v) is 5.50. The van der Waals surface area contributed by atoms with Gasteiger partial charge in [-0.3, -0.25) is 0 Å². The van der Waals surface area contributed by atoms with Crippen LogP contribution in [0.4, 0.5) is 5.95 Å². The van der Waals surface area contributed by atoms with Crippen LogP contribution >= 0.6 is 11.3 Å². The Bertz CT molecular complexity index is 893. The van der Waals surface area contributed by atoms with Crippen LogP contribution in [0, 0.1) is 11.3 Å². The van der Waals surface area contributed by atoms with Gasteiger partial charge in [-0.15, -0.1) is 11.3 Å². The molecule has 1 aromatic carbocycles. The van der Waals surface area contributed by atoms with Gasteiger partial charge in [0.15, 0.2) is 0 Å². The summed E-state index contributed by atoms with van der Waals surface area (Å²) < 4.78 is 1.07. The Morgan fingerprint density at radius 2 is 2.00 bits per heavy atom. The Balaban J connectivity index is 1.65. The first kappa shape index (κ1) is 15.9. The molecule has 7 heteroatoms. The lowest BCUT2D eigenvalue weighted by atomic mass is 10.1. The molecule has 3 heterocycles. The van der Waals surface area contributed by atoms with Crippen LogP contribution in [0.2, 0.25) is 0 Å². The molecule has 0 bridgehead atoms. The first-order valence-electron chi connectivity index (χ1n) is 8.25. The minimum absolute atomic E-state index is 0.242. The van der Waals surface area contributed by atoms with E-state index in [0.29, 0.717) is 24.5 Å². The minimum atomic E-state index is -0.505. The van der Waals surface area contributed by atoms with Crippen LogP contribution in [0.1, 0.15) is 29.5 Å². The number of para-hydroxylation sites is 1. The maximum atomic E-state index is 9.70. The number of nitrogens with zero attached hydrogens (tertiary/aromatic N) is 5. The number of rotatable bonds is 3. The number of piperidine rings is 1. The number of hydrogen-bond donors (Lipinski definition) is 1. The van der Waals surface area contributed by atoms with Gasteiger partial charge in [0.25, 0.3) is 0 Å². The predicted molar refractivity (Wildman–Crippen MR) is 96.6 cm³/mol. The molecular weight excluding hydrogens is 334 g/mol. The Labute approximate surface area is 149 Å². The first-order chi connectivity index (χ1) is 12.2. The van der Waals surface area contributed by atoms with Crippen LogP contribution in [-0.2, 0) is 0 Å². The van der Waals surface area contributed by atoms with Crippen molar-refractivity contribution in [3.63, 3.8) is 0 Å². The van der Waals surface area contributed by atoms with Gasteiger partial charge in [-0.2, -0.15) is 5.26 Å². The number of aliphatic hydroxyl groups excluding tert-OH is 1. The SMILES string of the molecule is N#CC(c1ccnc(N2CCC(O)CC2)n1)c1nc2ccccc2s1. The van der Waals surface area contributed by atoms with E-state index in [-0.39, 0.29) is 6.10 Å². The van der Waals surface area contributed by atoms with E-state index in [1.807, 2.05) is 24.3 Å². The fraction of sp³-hybridized carbons (Fsp3) is 0.333. The van der Waals surface area contributed by atoms with Gasteiger partial charge in [-0.05, 0) is 31.0 Å².